The second kappa shape index (κ2) is 7.04. The molecule has 3 rings (SSSR count). The average molecular weight is 373 g/mol. The highest BCUT2D eigenvalue weighted by molar-refractivity contribution is 7.15. The van der Waals surface area contributed by atoms with Crippen molar-refractivity contribution < 1.29 is 14.7 Å². The van der Waals surface area contributed by atoms with Gasteiger partial charge in [0.05, 0.1) is 10.7 Å². The van der Waals surface area contributed by atoms with Gasteiger partial charge in [-0.25, -0.2) is 4.79 Å². The summed E-state index contributed by atoms with van der Waals surface area (Å²) in [6, 6.07) is 10.3. The number of aromatic carboxylic acids is 1. The number of anilines is 1. The number of nitrogens with one attached hydrogen (secondary N) is 1. The Balaban J connectivity index is 1.94. The van der Waals surface area contributed by atoms with E-state index in [4.69, 9.17) is 11.6 Å². The van der Waals surface area contributed by atoms with Crippen molar-refractivity contribution in [2.75, 3.05) is 5.32 Å². The molecule has 2 N–H and O–H groups in total. The lowest BCUT2D eigenvalue weighted by atomic mass is 10.1. The smallest absolute Gasteiger partial charge is 0.339 e. The Morgan fingerprint density at radius 1 is 1.16 bits per heavy atom. The number of carbonyl (C=O) groups is 2. The lowest BCUT2D eigenvalue weighted by molar-refractivity contribution is 0.0699. The van der Waals surface area contributed by atoms with Crippen LogP contribution in [0, 0.1) is 6.92 Å². The van der Waals surface area contributed by atoms with Crippen LogP contribution in [-0.4, -0.2) is 22.0 Å². The van der Waals surface area contributed by atoms with E-state index in [2.05, 4.69) is 10.3 Å². The SMILES string of the molecule is Cc1ccc(C(=O)Nc2scc(-c3ccc(Cl)cn3)c2C(=O)O)cc1. The lowest BCUT2D eigenvalue weighted by Gasteiger charge is -2.06. The number of rotatable bonds is 4. The molecule has 126 valence electrons. The quantitative estimate of drug-likeness (QED) is 0.694. The van der Waals surface area contributed by atoms with Crippen LogP contribution in [0.1, 0.15) is 26.3 Å². The van der Waals surface area contributed by atoms with Crippen LogP contribution in [0.4, 0.5) is 5.00 Å². The molecule has 1 aromatic carbocycles. The van der Waals surface area contributed by atoms with Crippen LogP contribution in [0.5, 0.6) is 0 Å². The average Bonchev–Trinajstić information content (AvgIpc) is 3.00. The summed E-state index contributed by atoms with van der Waals surface area (Å²) in [5, 5.41) is 14.6. The first-order valence-corrected chi connectivity index (χ1v) is 8.56. The summed E-state index contributed by atoms with van der Waals surface area (Å²) < 4.78 is 0. The number of aryl methyl sites for hydroxylation is 1. The molecule has 0 radical (unpaired) electrons. The molecule has 0 spiro atoms. The second-order valence-electron chi connectivity index (χ2n) is 5.34. The molecule has 0 aliphatic rings. The van der Waals surface area contributed by atoms with Crippen molar-refractivity contribution in [2.45, 2.75) is 6.92 Å². The molecular weight excluding hydrogens is 360 g/mol. The number of nitrogens with zero attached hydrogens (tertiary/aromatic N) is 1. The number of carboxylic acids is 1. The standard InChI is InChI=1S/C18H13ClN2O3S/c1-10-2-4-11(5-3-10)16(22)21-17-15(18(23)24)13(9-25-17)14-7-6-12(19)8-20-14/h2-9H,1H3,(H,21,22)(H,23,24). The van der Waals surface area contributed by atoms with Crippen molar-refractivity contribution in [1.29, 1.82) is 0 Å². The van der Waals surface area contributed by atoms with E-state index >= 15 is 0 Å². The number of halogens is 1. The number of thiophene rings is 1. The van der Waals surface area contributed by atoms with E-state index in [1.165, 1.54) is 6.20 Å². The summed E-state index contributed by atoms with van der Waals surface area (Å²) >= 11 is 6.97. The van der Waals surface area contributed by atoms with E-state index in [0.29, 0.717) is 21.8 Å². The van der Waals surface area contributed by atoms with Crippen molar-refractivity contribution in [3.63, 3.8) is 0 Å². The van der Waals surface area contributed by atoms with Gasteiger partial charge in [-0.1, -0.05) is 29.3 Å². The van der Waals surface area contributed by atoms with Crippen molar-refractivity contribution in [3.8, 4) is 11.3 Å². The Morgan fingerprint density at radius 2 is 1.88 bits per heavy atom. The summed E-state index contributed by atoms with van der Waals surface area (Å²) in [4.78, 5) is 28.2. The van der Waals surface area contributed by atoms with Gasteiger partial charge < -0.3 is 10.4 Å². The minimum absolute atomic E-state index is 0.0142. The number of hydrogen-bond acceptors (Lipinski definition) is 4. The summed E-state index contributed by atoms with van der Waals surface area (Å²) in [6.45, 7) is 1.93. The largest absolute Gasteiger partial charge is 0.478 e. The molecule has 2 heterocycles. The van der Waals surface area contributed by atoms with Gasteiger partial charge >= 0.3 is 5.97 Å². The van der Waals surface area contributed by atoms with Gasteiger partial charge in [-0.2, -0.15) is 0 Å². The zero-order valence-electron chi connectivity index (χ0n) is 13.1. The van der Waals surface area contributed by atoms with Crippen LogP contribution in [0.25, 0.3) is 11.3 Å². The zero-order valence-corrected chi connectivity index (χ0v) is 14.7. The summed E-state index contributed by atoms with van der Waals surface area (Å²) in [6.07, 6.45) is 1.45. The number of benzene rings is 1. The number of amides is 1. The number of pyridine rings is 1. The number of hydrogen-bond donors (Lipinski definition) is 2. The highest BCUT2D eigenvalue weighted by Gasteiger charge is 2.22. The Bertz CT molecular complexity index is 934. The molecule has 0 fully saturated rings. The molecule has 0 saturated carbocycles. The van der Waals surface area contributed by atoms with E-state index in [1.54, 1.807) is 29.6 Å². The van der Waals surface area contributed by atoms with Crippen molar-refractivity contribution >= 4 is 39.8 Å². The first-order chi connectivity index (χ1) is 12.0. The lowest BCUT2D eigenvalue weighted by Crippen LogP contribution is -2.13. The van der Waals surface area contributed by atoms with Gasteiger partial charge in [0.2, 0.25) is 0 Å². The van der Waals surface area contributed by atoms with Crippen LogP contribution in [0.3, 0.4) is 0 Å². The van der Waals surface area contributed by atoms with Crippen LogP contribution < -0.4 is 5.32 Å². The van der Waals surface area contributed by atoms with Crippen molar-refractivity contribution in [2.24, 2.45) is 0 Å². The topological polar surface area (TPSA) is 79.3 Å². The Morgan fingerprint density at radius 3 is 2.48 bits per heavy atom. The van der Waals surface area contributed by atoms with E-state index in [-0.39, 0.29) is 16.5 Å². The monoisotopic (exact) mass is 372 g/mol. The number of carbonyl (C=O) groups excluding carboxylic acids is 1. The third kappa shape index (κ3) is 3.70. The molecule has 7 heteroatoms. The maximum atomic E-state index is 12.4. The van der Waals surface area contributed by atoms with Gasteiger partial charge in [0, 0.05) is 22.7 Å². The summed E-state index contributed by atoms with van der Waals surface area (Å²) in [7, 11) is 0. The fraction of sp³-hybridized carbons (Fsp3) is 0.0556. The van der Waals surface area contributed by atoms with Gasteiger partial charge in [-0.3, -0.25) is 9.78 Å². The summed E-state index contributed by atoms with van der Waals surface area (Å²) in [5.74, 6) is -1.49. The predicted octanol–water partition coefficient (Wildman–Crippen LogP) is 4.72. The maximum Gasteiger partial charge on any atom is 0.339 e. The first-order valence-electron chi connectivity index (χ1n) is 7.30. The molecule has 0 saturated heterocycles. The van der Waals surface area contributed by atoms with Gasteiger partial charge in [-0.05, 0) is 31.2 Å². The van der Waals surface area contributed by atoms with E-state index < -0.39 is 5.97 Å². The first kappa shape index (κ1) is 17.1. The predicted molar refractivity (Wildman–Crippen MR) is 98.7 cm³/mol. The maximum absolute atomic E-state index is 12.4. The third-order valence-electron chi connectivity index (χ3n) is 3.55. The molecule has 0 aliphatic heterocycles. The molecule has 0 aliphatic carbocycles. The van der Waals surface area contributed by atoms with Crippen LogP contribution in [0.2, 0.25) is 5.02 Å². The van der Waals surface area contributed by atoms with Crippen molar-refractivity contribution in [3.05, 3.63) is 69.7 Å². The van der Waals surface area contributed by atoms with Gasteiger partial charge in [0.15, 0.2) is 0 Å². The fourth-order valence-corrected chi connectivity index (χ4v) is 3.32. The molecule has 0 unspecified atom stereocenters. The van der Waals surface area contributed by atoms with E-state index in [9.17, 15) is 14.7 Å². The van der Waals surface area contributed by atoms with E-state index in [1.807, 2.05) is 19.1 Å². The van der Waals surface area contributed by atoms with Gasteiger partial charge in [0.1, 0.15) is 10.6 Å². The molecule has 25 heavy (non-hydrogen) atoms. The van der Waals surface area contributed by atoms with Gasteiger partial charge in [0.25, 0.3) is 5.91 Å². The Hall–Kier alpha value is -2.70. The normalized spacial score (nSPS) is 10.5. The molecule has 5 nitrogen and oxygen atoms in total. The molecule has 0 atom stereocenters. The zero-order chi connectivity index (χ0) is 18.0. The minimum atomic E-state index is -1.13. The molecule has 0 bridgehead atoms. The summed E-state index contributed by atoms with van der Waals surface area (Å²) in [5.41, 5.74) is 2.43. The molecule has 3 aromatic rings. The highest BCUT2D eigenvalue weighted by atomic mass is 35.5. The molecule has 2 aromatic heterocycles. The van der Waals surface area contributed by atoms with Crippen molar-refractivity contribution in [1.82, 2.24) is 4.98 Å². The number of aromatic nitrogens is 1. The van der Waals surface area contributed by atoms with Crippen LogP contribution in [0.15, 0.2) is 48.0 Å². The van der Waals surface area contributed by atoms with E-state index in [0.717, 1.165) is 16.9 Å². The highest BCUT2D eigenvalue weighted by Crippen LogP contribution is 2.35. The minimum Gasteiger partial charge on any atom is -0.478 e. The molecule has 1 amide bonds. The second-order valence-corrected chi connectivity index (χ2v) is 6.66. The molecular formula is C18H13ClN2O3S. The Kier molecular flexibility index (Phi) is 4.83. The van der Waals surface area contributed by atoms with Crippen LogP contribution >= 0.6 is 22.9 Å². The number of carboxylic acid groups (broad SMARTS) is 1. The third-order valence-corrected chi connectivity index (χ3v) is 4.67. The van der Waals surface area contributed by atoms with Gasteiger partial charge in [-0.15, -0.1) is 11.3 Å². The Labute approximate surface area is 152 Å². The van der Waals surface area contributed by atoms with Crippen LogP contribution in [-0.2, 0) is 0 Å². The fourth-order valence-electron chi connectivity index (χ4n) is 2.27.